The Kier molecular flexibility index (Phi) is 3.49. The molecule has 0 aliphatic carbocycles. The Labute approximate surface area is 105 Å². The number of rotatable bonds is 3. The lowest BCUT2D eigenvalue weighted by molar-refractivity contribution is 0.419. The summed E-state index contributed by atoms with van der Waals surface area (Å²) >= 11 is 3.60. The largest absolute Gasteiger partial charge is 0.496 e. The van der Waals surface area contributed by atoms with Crippen LogP contribution in [-0.4, -0.2) is 11.9 Å². The van der Waals surface area contributed by atoms with Crippen molar-refractivity contribution in [2.75, 3.05) is 7.11 Å². The standard InChI is InChI=1S/C14H15BrO/c1-10(15)9-11-7-8-14(16-2)13-6-4-3-5-12(11)13/h3-8,10H,9H2,1-2H3. The van der Waals surface area contributed by atoms with E-state index in [2.05, 4.69) is 47.1 Å². The van der Waals surface area contributed by atoms with Crippen LogP contribution in [0, 0.1) is 0 Å². The molecule has 0 heterocycles. The van der Waals surface area contributed by atoms with Crippen molar-refractivity contribution in [1.29, 1.82) is 0 Å². The summed E-state index contributed by atoms with van der Waals surface area (Å²) in [6.07, 6.45) is 1.03. The van der Waals surface area contributed by atoms with E-state index in [1.807, 2.05) is 12.1 Å². The molecule has 0 saturated carbocycles. The summed E-state index contributed by atoms with van der Waals surface area (Å²) in [5, 5.41) is 2.48. The number of fused-ring (bicyclic) bond motifs is 1. The van der Waals surface area contributed by atoms with Crippen LogP contribution in [0.1, 0.15) is 12.5 Å². The molecule has 16 heavy (non-hydrogen) atoms. The molecule has 0 fully saturated rings. The lowest BCUT2D eigenvalue weighted by Gasteiger charge is -2.11. The van der Waals surface area contributed by atoms with E-state index >= 15 is 0 Å². The average molecular weight is 279 g/mol. The molecule has 0 N–H and O–H groups in total. The number of benzene rings is 2. The Hall–Kier alpha value is -1.02. The predicted octanol–water partition coefficient (Wildman–Crippen LogP) is 4.17. The fourth-order valence-electron chi connectivity index (χ4n) is 1.99. The number of hydrogen-bond acceptors (Lipinski definition) is 1. The predicted molar refractivity (Wildman–Crippen MR) is 72.6 cm³/mol. The van der Waals surface area contributed by atoms with E-state index in [9.17, 15) is 0 Å². The molecular weight excluding hydrogens is 264 g/mol. The second kappa shape index (κ2) is 4.88. The van der Waals surface area contributed by atoms with Crippen molar-refractivity contribution in [3.05, 3.63) is 42.0 Å². The molecule has 1 nitrogen and oxygen atoms in total. The monoisotopic (exact) mass is 278 g/mol. The van der Waals surface area contributed by atoms with Crippen molar-refractivity contribution in [1.82, 2.24) is 0 Å². The number of methoxy groups -OCH3 is 1. The Morgan fingerprint density at radius 2 is 1.81 bits per heavy atom. The molecule has 0 bridgehead atoms. The van der Waals surface area contributed by atoms with E-state index in [0.717, 1.165) is 12.2 Å². The third-order valence-electron chi connectivity index (χ3n) is 2.70. The first-order chi connectivity index (χ1) is 7.72. The van der Waals surface area contributed by atoms with Crippen molar-refractivity contribution in [2.24, 2.45) is 0 Å². The quantitative estimate of drug-likeness (QED) is 0.766. The zero-order valence-corrected chi connectivity index (χ0v) is 11.1. The van der Waals surface area contributed by atoms with Gasteiger partial charge in [0, 0.05) is 10.2 Å². The van der Waals surface area contributed by atoms with Crippen molar-refractivity contribution in [2.45, 2.75) is 18.2 Å². The van der Waals surface area contributed by atoms with Crippen LogP contribution in [-0.2, 0) is 6.42 Å². The maximum absolute atomic E-state index is 5.38. The van der Waals surface area contributed by atoms with Crippen LogP contribution >= 0.6 is 15.9 Å². The molecule has 1 atom stereocenters. The van der Waals surface area contributed by atoms with Crippen molar-refractivity contribution in [3.8, 4) is 5.75 Å². The van der Waals surface area contributed by atoms with E-state index in [1.165, 1.54) is 16.3 Å². The van der Waals surface area contributed by atoms with Gasteiger partial charge in [0.2, 0.25) is 0 Å². The highest BCUT2D eigenvalue weighted by molar-refractivity contribution is 9.09. The molecule has 0 spiro atoms. The molecule has 0 saturated heterocycles. The van der Waals surface area contributed by atoms with Gasteiger partial charge in [-0.1, -0.05) is 53.2 Å². The van der Waals surface area contributed by atoms with Gasteiger partial charge < -0.3 is 4.74 Å². The van der Waals surface area contributed by atoms with Crippen molar-refractivity contribution in [3.63, 3.8) is 0 Å². The molecule has 84 valence electrons. The molecule has 0 aliphatic heterocycles. The fraction of sp³-hybridized carbons (Fsp3) is 0.286. The zero-order chi connectivity index (χ0) is 11.5. The second-order valence-electron chi connectivity index (χ2n) is 3.96. The Bertz CT molecular complexity index is 491. The van der Waals surface area contributed by atoms with Crippen LogP contribution in [0.15, 0.2) is 36.4 Å². The molecule has 2 rings (SSSR count). The minimum Gasteiger partial charge on any atom is -0.496 e. The van der Waals surface area contributed by atoms with E-state index in [-0.39, 0.29) is 0 Å². The lowest BCUT2D eigenvalue weighted by atomic mass is 10.0. The number of hydrogen-bond donors (Lipinski definition) is 0. The first kappa shape index (κ1) is 11.5. The number of halogens is 1. The van der Waals surface area contributed by atoms with Gasteiger partial charge in [-0.25, -0.2) is 0 Å². The van der Waals surface area contributed by atoms with Gasteiger partial charge in [-0.2, -0.15) is 0 Å². The van der Waals surface area contributed by atoms with E-state index in [0.29, 0.717) is 4.83 Å². The Morgan fingerprint density at radius 1 is 1.12 bits per heavy atom. The highest BCUT2D eigenvalue weighted by Crippen LogP contribution is 2.29. The molecular formula is C14H15BrO. The molecule has 0 aromatic heterocycles. The second-order valence-corrected chi connectivity index (χ2v) is 5.52. The summed E-state index contributed by atoms with van der Waals surface area (Å²) < 4.78 is 5.38. The smallest absolute Gasteiger partial charge is 0.126 e. The zero-order valence-electron chi connectivity index (χ0n) is 9.53. The van der Waals surface area contributed by atoms with Gasteiger partial charge in [-0.3, -0.25) is 0 Å². The maximum atomic E-state index is 5.38. The topological polar surface area (TPSA) is 9.23 Å². The lowest BCUT2D eigenvalue weighted by Crippen LogP contribution is -1.98. The van der Waals surface area contributed by atoms with E-state index < -0.39 is 0 Å². The normalized spacial score (nSPS) is 12.7. The summed E-state index contributed by atoms with van der Waals surface area (Å²) in [6.45, 7) is 2.17. The van der Waals surface area contributed by atoms with Crippen LogP contribution < -0.4 is 4.74 Å². The van der Waals surface area contributed by atoms with Gasteiger partial charge in [0.15, 0.2) is 0 Å². The highest BCUT2D eigenvalue weighted by atomic mass is 79.9. The summed E-state index contributed by atoms with van der Waals surface area (Å²) in [7, 11) is 1.72. The Morgan fingerprint density at radius 3 is 2.44 bits per heavy atom. The summed E-state index contributed by atoms with van der Waals surface area (Å²) in [5.74, 6) is 0.946. The first-order valence-electron chi connectivity index (χ1n) is 5.41. The van der Waals surface area contributed by atoms with Crippen LogP contribution in [0.3, 0.4) is 0 Å². The Balaban J connectivity index is 2.60. The SMILES string of the molecule is COc1ccc(CC(C)Br)c2ccccc12. The molecule has 0 amide bonds. The maximum Gasteiger partial charge on any atom is 0.126 e. The molecule has 0 radical (unpaired) electrons. The molecule has 1 unspecified atom stereocenters. The minimum atomic E-state index is 0.490. The summed E-state index contributed by atoms with van der Waals surface area (Å²) in [5.41, 5.74) is 1.36. The number of ether oxygens (including phenoxy) is 1. The van der Waals surface area contributed by atoms with E-state index in [1.54, 1.807) is 7.11 Å². The molecule has 0 aliphatic rings. The van der Waals surface area contributed by atoms with Crippen LogP contribution in [0.4, 0.5) is 0 Å². The third kappa shape index (κ3) is 2.22. The van der Waals surface area contributed by atoms with Gasteiger partial charge in [-0.05, 0) is 23.4 Å². The molecule has 2 aromatic rings. The van der Waals surface area contributed by atoms with Gasteiger partial charge in [-0.15, -0.1) is 0 Å². The summed E-state index contributed by atoms with van der Waals surface area (Å²) in [6, 6.07) is 12.6. The fourth-order valence-corrected chi connectivity index (χ4v) is 2.34. The average Bonchev–Trinajstić information content (AvgIpc) is 2.29. The molecule has 2 heteroatoms. The summed E-state index contributed by atoms with van der Waals surface area (Å²) in [4.78, 5) is 0.490. The highest BCUT2D eigenvalue weighted by Gasteiger charge is 2.07. The van der Waals surface area contributed by atoms with Gasteiger partial charge in [0.05, 0.1) is 7.11 Å². The van der Waals surface area contributed by atoms with Gasteiger partial charge in [0.25, 0.3) is 0 Å². The van der Waals surface area contributed by atoms with Crippen LogP contribution in [0.2, 0.25) is 0 Å². The molecule has 2 aromatic carbocycles. The van der Waals surface area contributed by atoms with E-state index in [4.69, 9.17) is 4.74 Å². The number of alkyl halides is 1. The van der Waals surface area contributed by atoms with Gasteiger partial charge >= 0.3 is 0 Å². The third-order valence-corrected chi connectivity index (χ3v) is 3.02. The van der Waals surface area contributed by atoms with Gasteiger partial charge in [0.1, 0.15) is 5.75 Å². The first-order valence-corrected chi connectivity index (χ1v) is 6.32. The van der Waals surface area contributed by atoms with Crippen LogP contribution in [0.5, 0.6) is 5.75 Å². The van der Waals surface area contributed by atoms with Crippen molar-refractivity contribution < 1.29 is 4.74 Å². The van der Waals surface area contributed by atoms with Crippen LogP contribution in [0.25, 0.3) is 10.8 Å². The minimum absolute atomic E-state index is 0.490. The van der Waals surface area contributed by atoms with Crippen molar-refractivity contribution >= 4 is 26.7 Å².